The van der Waals surface area contributed by atoms with Crippen molar-refractivity contribution in [2.45, 2.75) is 45.5 Å². The van der Waals surface area contributed by atoms with Gasteiger partial charge in [-0.25, -0.2) is 9.48 Å². The molecule has 0 atom stereocenters. The molecule has 0 fully saturated rings. The van der Waals surface area contributed by atoms with Crippen molar-refractivity contribution < 1.29 is 14.6 Å². The number of amides is 1. The molecule has 0 spiro atoms. The van der Waals surface area contributed by atoms with E-state index in [2.05, 4.69) is 30.8 Å². The molecule has 1 aromatic rings. The fraction of sp³-hybridized carbons (Fsp3) is 0.615. The predicted molar refractivity (Wildman–Crippen MR) is 78.3 cm³/mol. The fourth-order valence-corrected chi connectivity index (χ4v) is 2.91. The van der Waals surface area contributed by atoms with Gasteiger partial charge in [-0.2, -0.15) is 10.4 Å². The van der Waals surface area contributed by atoms with Crippen molar-refractivity contribution in [1.82, 2.24) is 14.7 Å². The van der Waals surface area contributed by atoms with Crippen molar-refractivity contribution in [2.24, 2.45) is 0 Å². The van der Waals surface area contributed by atoms with Gasteiger partial charge in [0.25, 0.3) is 0 Å². The molecule has 0 bridgehead atoms. The van der Waals surface area contributed by atoms with E-state index in [0.29, 0.717) is 23.6 Å². The lowest BCUT2D eigenvalue weighted by Crippen LogP contribution is -2.24. The maximum atomic E-state index is 10.9. The summed E-state index contributed by atoms with van der Waals surface area (Å²) in [5.74, 6) is 0. The standard InChI is InChI=1S/C13H20N4O3Si/c1-21(2,3)5-4-20-9-17-12(6-14)10-7-16(13(18)19)8-11(10)15-17/h4-5,7-9H2,1-3H3,(H,18,19). The van der Waals surface area contributed by atoms with Gasteiger partial charge in [-0.1, -0.05) is 19.6 Å². The van der Waals surface area contributed by atoms with Crippen molar-refractivity contribution >= 4 is 14.2 Å². The third-order valence-electron chi connectivity index (χ3n) is 3.41. The summed E-state index contributed by atoms with van der Waals surface area (Å²) in [6.45, 7) is 8.20. The van der Waals surface area contributed by atoms with Crippen LogP contribution in [0.4, 0.5) is 4.79 Å². The highest BCUT2D eigenvalue weighted by atomic mass is 28.3. The van der Waals surface area contributed by atoms with Gasteiger partial charge >= 0.3 is 6.09 Å². The first-order valence-electron chi connectivity index (χ1n) is 6.86. The lowest BCUT2D eigenvalue weighted by atomic mass is 10.2. The highest BCUT2D eigenvalue weighted by Gasteiger charge is 2.30. The molecule has 1 N–H and O–H groups in total. The highest BCUT2D eigenvalue weighted by molar-refractivity contribution is 6.76. The smallest absolute Gasteiger partial charge is 0.407 e. The minimum atomic E-state index is -1.13. The summed E-state index contributed by atoms with van der Waals surface area (Å²) in [5, 5.41) is 22.5. The number of carboxylic acid groups (broad SMARTS) is 1. The number of ether oxygens (including phenoxy) is 1. The van der Waals surface area contributed by atoms with Crippen LogP contribution in [0.5, 0.6) is 0 Å². The van der Waals surface area contributed by atoms with Gasteiger partial charge in [0.15, 0.2) is 0 Å². The molecule has 2 rings (SSSR count). The zero-order valence-corrected chi connectivity index (χ0v) is 13.6. The predicted octanol–water partition coefficient (Wildman–Crippen LogP) is 2.06. The summed E-state index contributed by atoms with van der Waals surface area (Å²) < 4.78 is 7.14. The van der Waals surface area contributed by atoms with Crippen molar-refractivity contribution in [3.05, 3.63) is 17.0 Å². The van der Waals surface area contributed by atoms with E-state index in [9.17, 15) is 10.1 Å². The number of hydrogen-bond donors (Lipinski definition) is 1. The van der Waals surface area contributed by atoms with Crippen LogP contribution in [0.3, 0.4) is 0 Å². The van der Waals surface area contributed by atoms with E-state index in [1.54, 1.807) is 0 Å². The second-order valence-corrected chi connectivity index (χ2v) is 12.0. The van der Waals surface area contributed by atoms with Crippen LogP contribution in [-0.4, -0.2) is 40.6 Å². The highest BCUT2D eigenvalue weighted by Crippen LogP contribution is 2.25. The van der Waals surface area contributed by atoms with Gasteiger partial charge in [-0.3, -0.25) is 4.90 Å². The van der Waals surface area contributed by atoms with E-state index < -0.39 is 14.2 Å². The molecule has 21 heavy (non-hydrogen) atoms. The quantitative estimate of drug-likeness (QED) is 0.664. The fourth-order valence-electron chi connectivity index (χ4n) is 2.15. The van der Waals surface area contributed by atoms with Crippen LogP contribution in [-0.2, 0) is 24.6 Å². The van der Waals surface area contributed by atoms with E-state index in [1.165, 1.54) is 9.58 Å². The zero-order valence-electron chi connectivity index (χ0n) is 12.6. The average Bonchev–Trinajstić information content (AvgIpc) is 2.90. The number of hydrogen-bond acceptors (Lipinski definition) is 4. The van der Waals surface area contributed by atoms with Crippen LogP contribution in [0.15, 0.2) is 0 Å². The molecule has 0 saturated heterocycles. The number of nitrogens with zero attached hydrogens (tertiary/aromatic N) is 4. The largest absolute Gasteiger partial charge is 0.465 e. The summed E-state index contributed by atoms with van der Waals surface area (Å²) in [5.41, 5.74) is 1.76. The van der Waals surface area contributed by atoms with Crippen LogP contribution in [0, 0.1) is 11.3 Å². The molecule has 8 heteroatoms. The van der Waals surface area contributed by atoms with E-state index in [-0.39, 0.29) is 19.8 Å². The first-order valence-corrected chi connectivity index (χ1v) is 10.6. The lowest BCUT2D eigenvalue weighted by molar-refractivity contribution is 0.0769. The molecular weight excluding hydrogens is 288 g/mol. The summed E-state index contributed by atoms with van der Waals surface area (Å²) in [6, 6.07) is 3.16. The Balaban J connectivity index is 1.99. The number of fused-ring (bicyclic) bond motifs is 1. The third kappa shape index (κ3) is 3.62. The molecule has 0 saturated carbocycles. The number of carbonyl (C=O) groups is 1. The Labute approximate surface area is 124 Å². The van der Waals surface area contributed by atoms with Gasteiger partial charge < -0.3 is 9.84 Å². The van der Waals surface area contributed by atoms with Gasteiger partial charge in [-0.15, -0.1) is 0 Å². The molecule has 0 radical (unpaired) electrons. The number of nitriles is 1. The summed E-state index contributed by atoms with van der Waals surface area (Å²) in [6.07, 6.45) is -0.991. The van der Waals surface area contributed by atoms with E-state index in [0.717, 1.165) is 6.04 Å². The van der Waals surface area contributed by atoms with Gasteiger partial charge in [0.05, 0.1) is 18.8 Å². The first-order chi connectivity index (χ1) is 9.81. The van der Waals surface area contributed by atoms with Crippen molar-refractivity contribution in [1.29, 1.82) is 5.26 Å². The molecule has 1 aliphatic rings. The molecule has 0 aromatic carbocycles. The lowest BCUT2D eigenvalue weighted by Gasteiger charge is -2.15. The molecule has 1 aliphatic heterocycles. The van der Waals surface area contributed by atoms with Crippen LogP contribution in [0.1, 0.15) is 17.0 Å². The van der Waals surface area contributed by atoms with Crippen molar-refractivity contribution in [2.75, 3.05) is 6.61 Å². The molecule has 1 amide bonds. The Kier molecular flexibility index (Phi) is 4.34. The zero-order chi connectivity index (χ0) is 15.6. The summed E-state index contributed by atoms with van der Waals surface area (Å²) >= 11 is 0. The Morgan fingerprint density at radius 1 is 1.48 bits per heavy atom. The van der Waals surface area contributed by atoms with Gasteiger partial charge in [-0.05, 0) is 6.04 Å². The van der Waals surface area contributed by atoms with E-state index >= 15 is 0 Å². The van der Waals surface area contributed by atoms with Gasteiger partial charge in [0.2, 0.25) is 0 Å². The first kappa shape index (κ1) is 15.5. The summed E-state index contributed by atoms with van der Waals surface area (Å²) in [4.78, 5) is 12.2. The second-order valence-electron chi connectivity index (χ2n) is 6.37. The number of aromatic nitrogens is 2. The Morgan fingerprint density at radius 2 is 2.19 bits per heavy atom. The normalized spacial score (nSPS) is 14.1. The maximum absolute atomic E-state index is 10.9. The maximum Gasteiger partial charge on any atom is 0.407 e. The average molecular weight is 308 g/mol. The summed E-state index contributed by atoms with van der Waals surface area (Å²) in [7, 11) is -1.13. The van der Waals surface area contributed by atoms with Crippen LogP contribution in [0.25, 0.3) is 0 Å². The Bertz CT molecular complexity index is 585. The molecule has 0 unspecified atom stereocenters. The van der Waals surface area contributed by atoms with Crippen LogP contribution in [0.2, 0.25) is 25.7 Å². The van der Waals surface area contributed by atoms with E-state index in [4.69, 9.17) is 9.84 Å². The molecule has 2 heterocycles. The monoisotopic (exact) mass is 308 g/mol. The van der Waals surface area contributed by atoms with Gasteiger partial charge in [0.1, 0.15) is 18.5 Å². The topological polar surface area (TPSA) is 91.4 Å². The van der Waals surface area contributed by atoms with Crippen LogP contribution < -0.4 is 0 Å². The molecular formula is C13H20N4O3Si. The SMILES string of the molecule is C[Si](C)(C)CCOCn1nc2c(c1C#N)CN(C(=O)O)C2. The molecule has 114 valence electrons. The minimum absolute atomic E-state index is 0.225. The molecule has 0 aliphatic carbocycles. The third-order valence-corrected chi connectivity index (χ3v) is 5.11. The van der Waals surface area contributed by atoms with Crippen molar-refractivity contribution in [3.8, 4) is 6.07 Å². The number of rotatable bonds is 5. The minimum Gasteiger partial charge on any atom is -0.465 e. The second kappa shape index (κ2) is 5.87. The van der Waals surface area contributed by atoms with Crippen molar-refractivity contribution in [3.63, 3.8) is 0 Å². The van der Waals surface area contributed by atoms with Gasteiger partial charge in [0, 0.05) is 20.2 Å². The van der Waals surface area contributed by atoms with E-state index in [1.807, 2.05) is 0 Å². The Morgan fingerprint density at radius 3 is 2.76 bits per heavy atom. The van der Waals surface area contributed by atoms with Crippen LogP contribution >= 0.6 is 0 Å². The Hall–Kier alpha value is -1.85. The molecule has 1 aromatic heterocycles. The molecule has 7 nitrogen and oxygen atoms in total.